The van der Waals surface area contributed by atoms with Crippen LogP contribution in [0.2, 0.25) is 0 Å². The van der Waals surface area contributed by atoms with E-state index in [2.05, 4.69) is 5.32 Å². The molecule has 0 saturated heterocycles. The van der Waals surface area contributed by atoms with Gasteiger partial charge in [0.15, 0.2) is 0 Å². The van der Waals surface area contributed by atoms with Crippen LogP contribution in [0.25, 0.3) is 0 Å². The van der Waals surface area contributed by atoms with Crippen molar-refractivity contribution in [3.8, 4) is 5.75 Å². The highest BCUT2D eigenvalue weighted by Crippen LogP contribution is 2.24. The molecule has 1 aromatic heterocycles. The van der Waals surface area contributed by atoms with Gasteiger partial charge in [0.2, 0.25) is 0 Å². The molecule has 24 heavy (non-hydrogen) atoms. The van der Waals surface area contributed by atoms with Gasteiger partial charge in [0, 0.05) is 37.8 Å². The van der Waals surface area contributed by atoms with Crippen molar-refractivity contribution < 1.29 is 14.3 Å². The number of hydrogen-bond donors (Lipinski definition) is 1. The van der Waals surface area contributed by atoms with Crippen molar-refractivity contribution in [2.75, 3.05) is 20.2 Å². The lowest BCUT2D eigenvalue weighted by Crippen LogP contribution is -2.27. The van der Waals surface area contributed by atoms with Crippen LogP contribution in [0.5, 0.6) is 5.75 Å². The van der Waals surface area contributed by atoms with Gasteiger partial charge in [-0.05, 0) is 5.56 Å². The van der Waals surface area contributed by atoms with Gasteiger partial charge in [-0.1, -0.05) is 30.3 Å². The largest absolute Gasteiger partial charge is 0.488 e. The minimum atomic E-state index is -0.483. The van der Waals surface area contributed by atoms with E-state index in [1.54, 1.807) is 4.57 Å². The van der Waals surface area contributed by atoms with Gasteiger partial charge in [0.1, 0.15) is 17.9 Å². The van der Waals surface area contributed by atoms with Gasteiger partial charge in [0.25, 0.3) is 5.56 Å². The van der Waals surface area contributed by atoms with E-state index in [0.717, 1.165) is 5.56 Å². The smallest absolute Gasteiger partial charge is 0.343 e. The molecule has 6 nitrogen and oxygen atoms in total. The van der Waals surface area contributed by atoms with Crippen LogP contribution in [-0.2, 0) is 24.3 Å². The maximum Gasteiger partial charge on any atom is 0.343 e. The first-order valence-electron chi connectivity index (χ1n) is 7.93. The number of nitrogens with one attached hydrogen (secondary N) is 1. The van der Waals surface area contributed by atoms with Gasteiger partial charge in [-0.2, -0.15) is 0 Å². The maximum absolute atomic E-state index is 12.4. The van der Waals surface area contributed by atoms with E-state index < -0.39 is 5.97 Å². The number of carbonyl (C=O) groups is 1. The molecule has 0 unspecified atom stereocenters. The van der Waals surface area contributed by atoms with E-state index in [9.17, 15) is 9.59 Å². The number of methoxy groups -OCH3 is 1. The number of benzene rings is 1. The number of fused-ring (bicyclic) bond motifs is 1. The number of carbonyl (C=O) groups excluding carboxylic acids is 1. The van der Waals surface area contributed by atoms with E-state index >= 15 is 0 Å². The Morgan fingerprint density at radius 2 is 2.04 bits per heavy atom. The molecule has 6 heteroatoms. The van der Waals surface area contributed by atoms with E-state index in [1.807, 2.05) is 30.3 Å². The fraction of sp³-hybridized carbons (Fsp3) is 0.333. The summed E-state index contributed by atoms with van der Waals surface area (Å²) in [7, 11) is 1.33. The van der Waals surface area contributed by atoms with Crippen molar-refractivity contribution >= 4 is 5.97 Å². The lowest BCUT2D eigenvalue weighted by atomic mass is 10.1. The maximum atomic E-state index is 12.4. The second-order valence-corrected chi connectivity index (χ2v) is 5.59. The minimum Gasteiger partial charge on any atom is -0.488 e. The van der Waals surface area contributed by atoms with E-state index in [-0.39, 0.29) is 17.9 Å². The summed E-state index contributed by atoms with van der Waals surface area (Å²) in [5.41, 5.74) is 1.81. The van der Waals surface area contributed by atoms with Gasteiger partial charge in [-0.3, -0.25) is 4.79 Å². The Labute approximate surface area is 140 Å². The van der Waals surface area contributed by atoms with Gasteiger partial charge in [0.05, 0.1) is 7.11 Å². The molecule has 1 aromatic carbocycles. The standard InChI is InChI=1S/C18H20N2O4/c1-23-18(22)17-14-7-8-19-9-10-20(14)16(21)11-15(17)24-12-13-5-3-2-4-6-13/h2-6,11,19H,7-10,12H2,1H3. The topological polar surface area (TPSA) is 69.6 Å². The highest BCUT2D eigenvalue weighted by atomic mass is 16.5. The van der Waals surface area contributed by atoms with Crippen LogP contribution in [0.1, 0.15) is 21.6 Å². The number of ether oxygens (including phenoxy) is 2. The Morgan fingerprint density at radius 1 is 1.25 bits per heavy atom. The summed E-state index contributed by atoms with van der Waals surface area (Å²) in [4.78, 5) is 24.7. The minimum absolute atomic E-state index is 0.163. The molecule has 0 saturated carbocycles. The Balaban J connectivity index is 2.01. The van der Waals surface area contributed by atoms with E-state index in [4.69, 9.17) is 9.47 Å². The summed E-state index contributed by atoms with van der Waals surface area (Å²) in [6.07, 6.45) is 0.572. The van der Waals surface area contributed by atoms with Gasteiger partial charge < -0.3 is 19.4 Å². The van der Waals surface area contributed by atoms with Gasteiger partial charge >= 0.3 is 5.97 Å². The summed E-state index contributed by atoms with van der Waals surface area (Å²) < 4.78 is 12.3. The average Bonchev–Trinajstić information content (AvgIpc) is 2.86. The number of aromatic nitrogens is 1. The number of pyridine rings is 1. The predicted octanol–water partition coefficient (Wildman–Crippen LogP) is 1.36. The van der Waals surface area contributed by atoms with Crippen LogP contribution < -0.4 is 15.6 Å². The first-order valence-corrected chi connectivity index (χ1v) is 7.93. The van der Waals surface area contributed by atoms with E-state index in [1.165, 1.54) is 13.2 Å². The van der Waals surface area contributed by atoms with Crippen LogP contribution >= 0.6 is 0 Å². The third-order valence-electron chi connectivity index (χ3n) is 4.06. The second-order valence-electron chi connectivity index (χ2n) is 5.59. The molecule has 2 aromatic rings. The molecular formula is C18H20N2O4. The molecule has 1 aliphatic heterocycles. The predicted molar refractivity (Wildman–Crippen MR) is 89.4 cm³/mol. The van der Waals surface area contributed by atoms with Crippen molar-refractivity contribution in [2.45, 2.75) is 19.6 Å². The number of esters is 1. The monoisotopic (exact) mass is 328 g/mol. The zero-order valence-electron chi connectivity index (χ0n) is 13.6. The average molecular weight is 328 g/mol. The summed E-state index contributed by atoms with van der Waals surface area (Å²) >= 11 is 0. The molecule has 2 heterocycles. The van der Waals surface area contributed by atoms with Crippen LogP contribution in [0.3, 0.4) is 0 Å². The zero-order valence-corrected chi connectivity index (χ0v) is 13.6. The van der Waals surface area contributed by atoms with E-state index in [0.29, 0.717) is 37.3 Å². The fourth-order valence-electron chi connectivity index (χ4n) is 2.87. The highest BCUT2D eigenvalue weighted by molar-refractivity contribution is 5.93. The van der Waals surface area contributed by atoms with Crippen molar-refractivity contribution in [3.63, 3.8) is 0 Å². The third-order valence-corrected chi connectivity index (χ3v) is 4.06. The molecule has 0 bridgehead atoms. The quantitative estimate of drug-likeness (QED) is 0.858. The van der Waals surface area contributed by atoms with Crippen LogP contribution in [-0.4, -0.2) is 30.7 Å². The number of nitrogens with zero attached hydrogens (tertiary/aromatic N) is 1. The van der Waals surface area contributed by atoms with Crippen molar-refractivity contribution in [3.05, 3.63) is 63.6 Å². The molecule has 0 aliphatic carbocycles. The van der Waals surface area contributed by atoms with Gasteiger partial charge in [-0.15, -0.1) is 0 Å². The normalized spacial score (nSPS) is 13.7. The lowest BCUT2D eigenvalue weighted by molar-refractivity contribution is 0.0592. The molecular weight excluding hydrogens is 308 g/mol. The Hall–Kier alpha value is -2.60. The van der Waals surface area contributed by atoms with Crippen molar-refractivity contribution in [1.82, 2.24) is 9.88 Å². The van der Waals surface area contributed by atoms with Crippen molar-refractivity contribution in [1.29, 1.82) is 0 Å². The molecule has 0 radical (unpaired) electrons. The van der Waals surface area contributed by atoms with Crippen LogP contribution in [0.4, 0.5) is 0 Å². The summed E-state index contributed by atoms with van der Waals surface area (Å²) in [5, 5.41) is 3.23. The highest BCUT2D eigenvalue weighted by Gasteiger charge is 2.24. The van der Waals surface area contributed by atoms with Crippen LogP contribution in [0, 0.1) is 0 Å². The van der Waals surface area contributed by atoms with Crippen LogP contribution in [0.15, 0.2) is 41.2 Å². The fourth-order valence-corrected chi connectivity index (χ4v) is 2.87. The van der Waals surface area contributed by atoms with Crippen molar-refractivity contribution in [2.24, 2.45) is 0 Å². The Kier molecular flexibility index (Phi) is 4.96. The second kappa shape index (κ2) is 7.31. The zero-order chi connectivity index (χ0) is 16.9. The van der Waals surface area contributed by atoms with Gasteiger partial charge in [-0.25, -0.2) is 4.79 Å². The molecule has 0 spiro atoms. The molecule has 0 amide bonds. The Morgan fingerprint density at radius 3 is 2.79 bits per heavy atom. The first kappa shape index (κ1) is 16.3. The molecule has 126 valence electrons. The SMILES string of the molecule is COC(=O)c1c(OCc2ccccc2)cc(=O)n2c1CCNCC2. The molecule has 0 atom stereocenters. The summed E-state index contributed by atoms with van der Waals surface area (Å²) in [6, 6.07) is 11.0. The summed E-state index contributed by atoms with van der Waals surface area (Å²) in [6.45, 7) is 2.20. The molecule has 3 rings (SSSR count). The molecule has 1 aliphatic rings. The number of rotatable bonds is 4. The molecule has 0 fully saturated rings. The summed E-state index contributed by atoms with van der Waals surface area (Å²) in [5.74, 6) is -0.201. The molecule has 1 N–H and O–H groups in total. The number of hydrogen-bond acceptors (Lipinski definition) is 5. The third kappa shape index (κ3) is 3.33. The Bertz CT molecular complexity index is 784. The first-order chi connectivity index (χ1) is 11.7. The lowest BCUT2D eigenvalue weighted by Gasteiger charge is -2.17.